The summed E-state index contributed by atoms with van der Waals surface area (Å²) in [6.45, 7) is 1.89. The molecule has 146 valence electrons. The van der Waals surface area contributed by atoms with Crippen molar-refractivity contribution in [2.75, 3.05) is 27.8 Å². The van der Waals surface area contributed by atoms with Gasteiger partial charge in [0, 0.05) is 26.2 Å². The van der Waals surface area contributed by atoms with E-state index in [4.69, 9.17) is 9.47 Å². The first-order chi connectivity index (χ1) is 12.8. The summed E-state index contributed by atoms with van der Waals surface area (Å²) in [7, 11) is 1.02. The Morgan fingerprint density at radius 1 is 1.11 bits per heavy atom. The third-order valence-corrected chi connectivity index (χ3v) is 5.76. The van der Waals surface area contributed by atoms with Gasteiger partial charge in [0.2, 0.25) is 10.0 Å². The zero-order valence-electron chi connectivity index (χ0n) is 15.9. The van der Waals surface area contributed by atoms with Crippen LogP contribution in [0.4, 0.5) is 0 Å². The zero-order valence-corrected chi connectivity index (χ0v) is 16.7. The van der Waals surface area contributed by atoms with Crippen LogP contribution in [0.2, 0.25) is 0 Å². The van der Waals surface area contributed by atoms with Gasteiger partial charge in [0.1, 0.15) is 11.5 Å². The molecule has 2 aromatic carbocycles. The minimum atomic E-state index is -3.51. The Balaban J connectivity index is 1.95. The van der Waals surface area contributed by atoms with Gasteiger partial charge in [-0.25, -0.2) is 12.7 Å². The highest BCUT2D eigenvalue weighted by atomic mass is 32.2. The third kappa shape index (κ3) is 5.21. The molecule has 1 N–H and O–H groups in total. The molecule has 27 heavy (non-hydrogen) atoms. The molecule has 0 bridgehead atoms. The number of carbonyl (C=O) groups excluding carboxylic acids is 1. The molecule has 0 radical (unpaired) electrons. The molecule has 8 heteroatoms. The van der Waals surface area contributed by atoms with E-state index < -0.39 is 10.0 Å². The average Bonchev–Trinajstić information content (AvgIpc) is 2.65. The average molecular weight is 392 g/mol. The molecule has 1 amide bonds. The lowest BCUT2D eigenvalue weighted by molar-refractivity contribution is -0.123. The lowest BCUT2D eigenvalue weighted by Crippen LogP contribution is -2.28. The van der Waals surface area contributed by atoms with E-state index in [0.29, 0.717) is 23.6 Å². The number of ether oxygens (including phenoxy) is 2. The number of amides is 1. The van der Waals surface area contributed by atoms with E-state index in [1.54, 1.807) is 20.1 Å². The third-order valence-electron chi connectivity index (χ3n) is 3.95. The maximum absolute atomic E-state index is 12.1. The van der Waals surface area contributed by atoms with Crippen molar-refractivity contribution in [2.45, 2.75) is 18.4 Å². The summed E-state index contributed by atoms with van der Waals surface area (Å²) in [4.78, 5) is 12.2. The van der Waals surface area contributed by atoms with Crippen LogP contribution in [0.5, 0.6) is 11.5 Å². The van der Waals surface area contributed by atoms with Gasteiger partial charge >= 0.3 is 0 Å². The molecule has 0 heterocycles. The number of nitrogens with one attached hydrogen (secondary N) is 1. The van der Waals surface area contributed by atoms with Crippen molar-refractivity contribution < 1.29 is 22.7 Å². The number of aryl methyl sites for hydroxylation is 1. The molecule has 0 saturated carbocycles. The molecule has 2 rings (SSSR count). The summed E-state index contributed by atoms with van der Waals surface area (Å²) in [5.74, 6) is 0.873. The largest absolute Gasteiger partial charge is 0.496 e. The number of carbonyl (C=O) groups is 1. The normalized spacial score (nSPS) is 11.3. The second-order valence-corrected chi connectivity index (χ2v) is 8.24. The molecular formula is C19H24N2O5S. The van der Waals surface area contributed by atoms with Crippen molar-refractivity contribution >= 4 is 15.9 Å². The molecule has 0 aromatic heterocycles. The first-order valence-electron chi connectivity index (χ1n) is 8.30. The van der Waals surface area contributed by atoms with Crippen molar-refractivity contribution in [2.24, 2.45) is 0 Å². The molecule has 0 aliphatic heterocycles. The van der Waals surface area contributed by atoms with Gasteiger partial charge in [0.05, 0.1) is 12.0 Å². The standard InChI is InChI=1S/C19H24N2O5S/c1-14-11-16(27(23,24)21(2)3)9-10-17(14)26-13-19(22)20-12-15-7-5-6-8-18(15)25-4/h5-11H,12-13H2,1-4H3,(H,20,22). The minimum absolute atomic E-state index is 0.171. The highest BCUT2D eigenvalue weighted by Crippen LogP contribution is 2.23. The van der Waals surface area contributed by atoms with E-state index in [2.05, 4.69) is 5.32 Å². The van der Waals surface area contributed by atoms with Crippen molar-refractivity contribution in [1.82, 2.24) is 9.62 Å². The summed E-state index contributed by atoms with van der Waals surface area (Å²) < 4.78 is 36.2. The predicted molar refractivity (Wildman–Crippen MR) is 102 cm³/mol. The molecule has 0 aliphatic carbocycles. The number of sulfonamides is 1. The SMILES string of the molecule is COc1ccccc1CNC(=O)COc1ccc(S(=O)(=O)N(C)C)cc1C. The number of nitrogens with zero attached hydrogens (tertiary/aromatic N) is 1. The van der Waals surface area contributed by atoms with Crippen molar-refractivity contribution in [3.8, 4) is 11.5 Å². The summed E-state index contributed by atoms with van der Waals surface area (Å²) in [5.41, 5.74) is 1.50. The number of para-hydroxylation sites is 1. The van der Waals surface area contributed by atoms with E-state index in [1.165, 1.54) is 26.2 Å². The number of hydrogen-bond donors (Lipinski definition) is 1. The molecule has 0 spiro atoms. The van der Waals surface area contributed by atoms with Gasteiger partial charge in [-0.15, -0.1) is 0 Å². The predicted octanol–water partition coefficient (Wildman–Crippen LogP) is 1.95. The molecule has 0 atom stereocenters. The van der Waals surface area contributed by atoms with Gasteiger partial charge in [-0.2, -0.15) is 0 Å². The van der Waals surface area contributed by atoms with Crippen LogP contribution in [-0.4, -0.2) is 46.4 Å². The van der Waals surface area contributed by atoms with Gasteiger partial charge in [0.25, 0.3) is 5.91 Å². The van der Waals surface area contributed by atoms with E-state index >= 15 is 0 Å². The van der Waals surface area contributed by atoms with Gasteiger partial charge in [-0.1, -0.05) is 18.2 Å². The van der Waals surface area contributed by atoms with Gasteiger partial charge in [-0.05, 0) is 36.8 Å². The molecule has 0 saturated heterocycles. The number of methoxy groups -OCH3 is 1. The van der Waals surface area contributed by atoms with Crippen LogP contribution >= 0.6 is 0 Å². The minimum Gasteiger partial charge on any atom is -0.496 e. The van der Waals surface area contributed by atoms with Crippen LogP contribution in [0.25, 0.3) is 0 Å². The monoisotopic (exact) mass is 392 g/mol. The lowest BCUT2D eigenvalue weighted by atomic mass is 10.2. The molecular weight excluding hydrogens is 368 g/mol. The quantitative estimate of drug-likeness (QED) is 0.742. The topological polar surface area (TPSA) is 84.9 Å². The Labute approximate surface area is 160 Å². The maximum atomic E-state index is 12.1. The number of hydrogen-bond acceptors (Lipinski definition) is 5. The Morgan fingerprint density at radius 2 is 1.81 bits per heavy atom. The summed E-state index contributed by atoms with van der Waals surface area (Å²) in [5, 5.41) is 2.77. The smallest absolute Gasteiger partial charge is 0.258 e. The van der Waals surface area contributed by atoms with Crippen molar-refractivity contribution in [1.29, 1.82) is 0 Å². The van der Waals surface area contributed by atoms with Crippen LogP contribution < -0.4 is 14.8 Å². The maximum Gasteiger partial charge on any atom is 0.258 e. The first-order valence-corrected chi connectivity index (χ1v) is 9.74. The second-order valence-electron chi connectivity index (χ2n) is 6.09. The highest BCUT2D eigenvalue weighted by molar-refractivity contribution is 7.89. The Morgan fingerprint density at radius 3 is 2.44 bits per heavy atom. The molecule has 0 unspecified atom stereocenters. The fraction of sp³-hybridized carbons (Fsp3) is 0.316. The molecule has 0 fully saturated rings. The Kier molecular flexibility index (Phi) is 6.81. The molecule has 0 aliphatic rings. The van der Waals surface area contributed by atoms with Crippen LogP contribution in [0.3, 0.4) is 0 Å². The molecule has 2 aromatic rings. The summed E-state index contributed by atoms with van der Waals surface area (Å²) >= 11 is 0. The fourth-order valence-electron chi connectivity index (χ4n) is 2.39. The van der Waals surface area contributed by atoms with Crippen LogP contribution in [0, 0.1) is 6.92 Å². The van der Waals surface area contributed by atoms with Crippen LogP contribution in [0.1, 0.15) is 11.1 Å². The van der Waals surface area contributed by atoms with Crippen LogP contribution in [0.15, 0.2) is 47.4 Å². The van der Waals surface area contributed by atoms with Gasteiger partial charge in [0.15, 0.2) is 6.61 Å². The van der Waals surface area contributed by atoms with E-state index in [9.17, 15) is 13.2 Å². The van der Waals surface area contributed by atoms with Gasteiger partial charge < -0.3 is 14.8 Å². The summed E-state index contributed by atoms with van der Waals surface area (Å²) in [6, 6.07) is 12.0. The van der Waals surface area contributed by atoms with Crippen molar-refractivity contribution in [3.05, 3.63) is 53.6 Å². The van der Waals surface area contributed by atoms with Crippen molar-refractivity contribution in [3.63, 3.8) is 0 Å². The van der Waals surface area contributed by atoms with E-state index in [1.807, 2.05) is 24.3 Å². The van der Waals surface area contributed by atoms with E-state index in [0.717, 1.165) is 9.87 Å². The fourth-order valence-corrected chi connectivity index (χ4v) is 3.38. The Hall–Kier alpha value is -2.58. The second kappa shape index (κ2) is 8.88. The van der Waals surface area contributed by atoms with E-state index in [-0.39, 0.29) is 17.4 Å². The first kappa shape index (κ1) is 20.7. The highest BCUT2D eigenvalue weighted by Gasteiger charge is 2.18. The summed E-state index contributed by atoms with van der Waals surface area (Å²) in [6.07, 6.45) is 0. The van der Waals surface area contributed by atoms with Crippen LogP contribution in [-0.2, 0) is 21.4 Å². The number of benzene rings is 2. The zero-order chi connectivity index (χ0) is 20.0. The molecule has 7 nitrogen and oxygen atoms in total. The Bertz CT molecular complexity index is 910. The van der Waals surface area contributed by atoms with Gasteiger partial charge in [-0.3, -0.25) is 4.79 Å². The number of rotatable bonds is 8. The lowest BCUT2D eigenvalue weighted by Gasteiger charge is -2.14.